The minimum absolute atomic E-state index is 0.197. The van der Waals surface area contributed by atoms with E-state index in [4.69, 9.17) is 4.74 Å². The highest BCUT2D eigenvalue weighted by Gasteiger charge is 2.19. The smallest absolute Gasteiger partial charge is 0.108 e. The maximum atomic E-state index is 10.2. The summed E-state index contributed by atoms with van der Waals surface area (Å²) in [6, 6.07) is 9.98. The fraction of sp³-hybridized carbons (Fsp3) is 0.647. The van der Waals surface area contributed by atoms with Crippen molar-refractivity contribution in [3.05, 3.63) is 35.9 Å². The summed E-state index contributed by atoms with van der Waals surface area (Å²) in [5.41, 5.74) is 1.06. The summed E-state index contributed by atoms with van der Waals surface area (Å²) < 4.78 is 5.44. The molecule has 0 unspecified atom stereocenters. The van der Waals surface area contributed by atoms with Crippen molar-refractivity contribution in [3.63, 3.8) is 0 Å². The molecule has 0 aliphatic rings. The average Bonchev–Trinajstić information content (AvgIpc) is 2.45. The molecule has 0 amide bonds. The van der Waals surface area contributed by atoms with Crippen LogP contribution in [0.4, 0.5) is 0 Å². The molecule has 1 N–H and O–H groups in total. The van der Waals surface area contributed by atoms with Crippen LogP contribution >= 0.6 is 0 Å². The van der Waals surface area contributed by atoms with Crippen LogP contribution in [0.1, 0.15) is 63.5 Å². The summed E-state index contributed by atoms with van der Waals surface area (Å²) in [4.78, 5) is 0. The first-order valence-electron chi connectivity index (χ1n) is 7.55. The van der Waals surface area contributed by atoms with Crippen molar-refractivity contribution < 1.29 is 9.84 Å². The minimum atomic E-state index is -0.404. The number of hydrogen-bond acceptors (Lipinski definition) is 2. The van der Waals surface area contributed by atoms with Crippen molar-refractivity contribution in [1.29, 1.82) is 0 Å². The van der Waals surface area contributed by atoms with Gasteiger partial charge in [-0.2, -0.15) is 0 Å². The first kappa shape index (κ1) is 16.2. The van der Waals surface area contributed by atoms with Crippen LogP contribution in [0, 0.1) is 0 Å². The topological polar surface area (TPSA) is 29.5 Å². The molecule has 0 heterocycles. The number of methoxy groups -OCH3 is 1. The molecule has 0 saturated heterocycles. The van der Waals surface area contributed by atoms with E-state index in [1.165, 1.54) is 32.1 Å². The first-order chi connectivity index (χ1) is 9.29. The Morgan fingerprint density at radius 2 is 1.63 bits per heavy atom. The zero-order chi connectivity index (χ0) is 13.9. The molecule has 1 aromatic rings. The third kappa shape index (κ3) is 6.22. The van der Waals surface area contributed by atoms with Gasteiger partial charge in [0.05, 0.1) is 6.10 Å². The molecule has 0 spiro atoms. The van der Waals surface area contributed by atoms with E-state index in [9.17, 15) is 5.11 Å². The zero-order valence-corrected chi connectivity index (χ0v) is 12.3. The van der Waals surface area contributed by atoms with Gasteiger partial charge < -0.3 is 9.84 Å². The maximum Gasteiger partial charge on any atom is 0.108 e. The lowest BCUT2D eigenvalue weighted by Crippen LogP contribution is -2.20. The molecule has 0 aliphatic heterocycles. The number of aliphatic hydroxyl groups excluding tert-OH is 1. The van der Waals surface area contributed by atoms with Gasteiger partial charge in [-0.1, -0.05) is 75.8 Å². The Labute approximate surface area is 117 Å². The van der Waals surface area contributed by atoms with Crippen molar-refractivity contribution in [2.75, 3.05) is 7.11 Å². The summed E-state index contributed by atoms with van der Waals surface area (Å²) in [6.45, 7) is 2.23. The number of unbranched alkanes of at least 4 members (excludes halogenated alkanes) is 5. The third-order valence-corrected chi connectivity index (χ3v) is 3.58. The highest BCUT2D eigenvalue weighted by Crippen LogP contribution is 2.24. The van der Waals surface area contributed by atoms with Crippen molar-refractivity contribution >= 4 is 0 Å². The van der Waals surface area contributed by atoms with Crippen LogP contribution in [0.2, 0.25) is 0 Å². The summed E-state index contributed by atoms with van der Waals surface area (Å²) in [6.07, 6.45) is 7.72. The second kappa shape index (κ2) is 9.99. The van der Waals surface area contributed by atoms with Gasteiger partial charge in [0.1, 0.15) is 6.10 Å². The van der Waals surface area contributed by atoms with Crippen molar-refractivity contribution in [1.82, 2.24) is 0 Å². The van der Waals surface area contributed by atoms with Gasteiger partial charge in [-0.25, -0.2) is 0 Å². The van der Waals surface area contributed by atoms with Gasteiger partial charge in [0, 0.05) is 7.11 Å². The van der Waals surface area contributed by atoms with Crippen LogP contribution in [0.15, 0.2) is 30.3 Å². The van der Waals surface area contributed by atoms with Gasteiger partial charge in [-0.05, 0) is 12.0 Å². The fourth-order valence-electron chi connectivity index (χ4n) is 2.44. The largest absolute Gasteiger partial charge is 0.390 e. The molecule has 1 rings (SSSR count). The van der Waals surface area contributed by atoms with Gasteiger partial charge in [0.25, 0.3) is 0 Å². The quantitative estimate of drug-likeness (QED) is 0.631. The zero-order valence-electron chi connectivity index (χ0n) is 12.3. The molecule has 19 heavy (non-hydrogen) atoms. The lowest BCUT2D eigenvalue weighted by molar-refractivity contribution is -0.0183. The van der Waals surface area contributed by atoms with Crippen LogP contribution in [0.25, 0.3) is 0 Å². The number of ether oxygens (including phenoxy) is 1. The molecule has 2 atom stereocenters. The minimum Gasteiger partial charge on any atom is -0.390 e. The monoisotopic (exact) mass is 264 g/mol. The molecule has 108 valence electrons. The van der Waals surface area contributed by atoms with Crippen LogP contribution < -0.4 is 0 Å². The van der Waals surface area contributed by atoms with Crippen molar-refractivity contribution in [3.8, 4) is 0 Å². The van der Waals surface area contributed by atoms with Gasteiger partial charge in [0.15, 0.2) is 0 Å². The Balaban J connectivity index is 2.28. The van der Waals surface area contributed by atoms with Gasteiger partial charge in [-0.3, -0.25) is 0 Å². The maximum absolute atomic E-state index is 10.2. The Kier molecular flexibility index (Phi) is 8.52. The van der Waals surface area contributed by atoms with Gasteiger partial charge in [0.2, 0.25) is 0 Å². The third-order valence-electron chi connectivity index (χ3n) is 3.58. The molecular weight excluding hydrogens is 236 g/mol. The van der Waals surface area contributed by atoms with E-state index in [1.807, 2.05) is 30.3 Å². The highest BCUT2D eigenvalue weighted by molar-refractivity contribution is 5.18. The van der Waals surface area contributed by atoms with Crippen LogP contribution in [-0.4, -0.2) is 18.3 Å². The standard InChI is InChI=1S/C17H28O2/c1-3-4-5-6-7-11-14-16(18)17(19-2)15-12-9-8-10-13-15/h8-10,12-13,16-18H,3-7,11,14H2,1-2H3/t16-,17-/m1/s1. The van der Waals surface area contributed by atoms with E-state index >= 15 is 0 Å². The van der Waals surface area contributed by atoms with Crippen molar-refractivity contribution in [2.24, 2.45) is 0 Å². The molecule has 0 radical (unpaired) electrons. The average molecular weight is 264 g/mol. The van der Waals surface area contributed by atoms with Crippen LogP contribution in [0.3, 0.4) is 0 Å². The number of benzene rings is 1. The normalized spacial score (nSPS) is 14.3. The molecule has 0 aromatic heterocycles. The SMILES string of the molecule is CCCCCCCC[C@@H](O)[C@H](OC)c1ccccc1. The molecule has 2 nitrogen and oxygen atoms in total. The Morgan fingerprint density at radius 1 is 1.00 bits per heavy atom. The summed E-state index contributed by atoms with van der Waals surface area (Å²) in [5, 5.41) is 10.2. The molecule has 0 bridgehead atoms. The van der Waals surface area contributed by atoms with E-state index in [-0.39, 0.29) is 6.10 Å². The summed E-state index contributed by atoms with van der Waals surface area (Å²) >= 11 is 0. The number of rotatable bonds is 10. The van der Waals surface area contributed by atoms with Crippen LogP contribution in [0.5, 0.6) is 0 Å². The highest BCUT2D eigenvalue weighted by atomic mass is 16.5. The Bertz CT molecular complexity index is 310. The molecular formula is C17H28O2. The number of hydrogen-bond donors (Lipinski definition) is 1. The van der Waals surface area contributed by atoms with E-state index < -0.39 is 6.10 Å². The molecule has 0 fully saturated rings. The Hall–Kier alpha value is -0.860. The van der Waals surface area contributed by atoms with E-state index in [0.717, 1.165) is 18.4 Å². The summed E-state index contributed by atoms with van der Waals surface area (Å²) in [7, 11) is 1.67. The first-order valence-corrected chi connectivity index (χ1v) is 7.55. The van der Waals surface area contributed by atoms with Crippen molar-refractivity contribution in [2.45, 2.75) is 64.1 Å². The number of aliphatic hydroxyl groups is 1. The van der Waals surface area contributed by atoms with E-state index in [2.05, 4.69) is 6.92 Å². The van der Waals surface area contributed by atoms with E-state index in [0.29, 0.717) is 0 Å². The lowest BCUT2D eigenvalue weighted by Gasteiger charge is -2.22. The molecule has 0 saturated carbocycles. The lowest BCUT2D eigenvalue weighted by atomic mass is 9.99. The van der Waals surface area contributed by atoms with Gasteiger partial charge >= 0.3 is 0 Å². The van der Waals surface area contributed by atoms with E-state index in [1.54, 1.807) is 7.11 Å². The second-order valence-corrected chi connectivity index (χ2v) is 5.19. The second-order valence-electron chi connectivity index (χ2n) is 5.19. The predicted octanol–water partition coefficient (Wildman–Crippen LogP) is 4.49. The molecule has 0 aliphatic carbocycles. The molecule has 1 aromatic carbocycles. The molecule has 2 heteroatoms. The summed E-state index contributed by atoms with van der Waals surface area (Å²) in [5.74, 6) is 0. The predicted molar refractivity (Wildman–Crippen MR) is 80.2 cm³/mol. The van der Waals surface area contributed by atoms with Gasteiger partial charge in [-0.15, -0.1) is 0 Å². The Morgan fingerprint density at radius 3 is 2.26 bits per heavy atom. The van der Waals surface area contributed by atoms with Crippen LogP contribution in [-0.2, 0) is 4.74 Å². The fourth-order valence-corrected chi connectivity index (χ4v) is 2.44.